The molecule has 0 aliphatic rings. The third kappa shape index (κ3) is 12.8. The lowest BCUT2D eigenvalue weighted by Gasteiger charge is -2.22. The van der Waals surface area contributed by atoms with Crippen LogP contribution in [0.25, 0.3) is 0 Å². The number of hydrogen-bond acceptors (Lipinski definition) is 2. The second-order valence-electron chi connectivity index (χ2n) is 8.55. The van der Waals surface area contributed by atoms with Crippen molar-refractivity contribution in [1.82, 2.24) is 0 Å². The fourth-order valence-electron chi connectivity index (χ4n) is 2.73. The van der Waals surface area contributed by atoms with Crippen LogP contribution in [0.5, 0.6) is 0 Å². The van der Waals surface area contributed by atoms with Gasteiger partial charge in [-0.1, -0.05) is 55.4 Å². The molecule has 3 atom stereocenters. The maximum Gasteiger partial charge on any atom is 0.508 e. The molecule has 0 amide bonds. The maximum atomic E-state index is 11.9. The Morgan fingerprint density at radius 3 is 1.74 bits per heavy atom. The minimum Gasteiger partial charge on any atom is -0.146 e. The zero-order valence-electron chi connectivity index (χ0n) is 14.2. The second-order valence-corrected chi connectivity index (χ2v) is 9.84. The first-order chi connectivity index (χ1) is 8.39. The molecule has 0 aromatic carbocycles. The Bertz CT molecular complexity index is 273. The molecule has 0 saturated carbocycles. The first-order valence-corrected chi connectivity index (χ1v) is 8.83. The number of hydrogen-bond donors (Lipinski definition) is 0. The molecule has 0 heterocycles. The highest BCUT2D eigenvalue weighted by atomic mass is 31.1. The summed E-state index contributed by atoms with van der Waals surface area (Å²) in [6.07, 6.45) is 2.89. The Kier molecular flexibility index (Phi) is 7.76. The molecule has 0 spiro atoms. The molecular weight excluding hydrogens is 255 g/mol. The largest absolute Gasteiger partial charge is 0.508 e. The SMILES string of the molecule is CC(CO[P+](=O)CC(C)CC(C)(C)C)CC(C)(C)C. The van der Waals surface area contributed by atoms with Crippen molar-refractivity contribution in [2.75, 3.05) is 12.8 Å². The summed E-state index contributed by atoms with van der Waals surface area (Å²) in [4.78, 5) is 0. The minimum atomic E-state index is -1.50. The van der Waals surface area contributed by atoms with Gasteiger partial charge in [0.1, 0.15) is 6.61 Å². The summed E-state index contributed by atoms with van der Waals surface area (Å²) in [5.41, 5.74) is 0.614. The molecule has 2 nitrogen and oxygen atoms in total. The minimum absolute atomic E-state index is 0.301. The Morgan fingerprint density at radius 2 is 1.32 bits per heavy atom. The summed E-state index contributed by atoms with van der Waals surface area (Å²) in [7, 11) is -1.50. The van der Waals surface area contributed by atoms with Crippen LogP contribution in [0.3, 0.4) is 0 Å². The van der Waals surface area contributed by atoms with E-state index < -0.39 is 8.03 Å². The van der Waals surface area contributed by atoms with Crippen LogP contribution in [-0.4, -0.2) is 12.8 Å². The van der Waals surface area contributed by atoms with Gasteiger partial charge in [0, 0.05) is 5.92 Å². The second kappa shape index (κ2) is 7.74. The quantitative estimate of drug-likeness (QED) is 0.546. The monoisotopic (exact) mass is 289 g/mol. The summed E-state index contributed by atoms with van der Waals surface area (Å²) < 4.78 is 17.5. The zero-order chi connectivity index (χ0) is 15.3. The standard InChI is InChI=1S/C16H34O2P/c1-13(9-15(3,4)5)11-18-19(17)12-14(2)10-16(6,7)8/h13-14H,9-12H2,1-8H3/q+1. The van der Waals surface area contributed by atoms with E-state index in [1.54, 1.807) is 0 Å². The van der Waals surface area contributed by atoms with Crippen molar-refractivity contribution in [3.63, 3.8) is 0 Å². The molecule has 0 fully saturated rings. The predicted molar refractivity (Wildman–Crippen MR) is 84.9 cm³/mol. The van der Waals surface area contributed by atoms with E-state index in [1.807, 2.05) is 0 Å². The molecule has 0 radical (unpaired) electrons. The molecule has 3 heteroatoms. The van der Waals surface area contributed by atoms with Crippen molar-refractivity contribution in [1.29, 1.82) is 0 Å². The van der Waals surface area contributed by atoms with E-state index in [0.717, 1.165) is 12.8 Å². The van der Waals surface area contributed by atoms with E-state index in [0.29, 0.717) is 35.4 Å². The summed E-state index contributed by atoms with van der Waals surface area (Å²) in [5.74, 6) is 0.929. The van der Waals surface area contributed by atoms with Gasteiger partial charge in [0.2, 0.25) is 0 Å². The summed E-state index contributed by atoms with van der Waals surface area (Å²) >= 11 is 0. The van der Waals surface area contributed by atoms with Crippen molar-refractivity contribution in [2.45, 2.75) is 68.2 Å². The van der Waals surface area contributed by atoms with Gasteiger partial charge in [0.05, 0.1) is 0 Å². The van der Waals surface area contributed by atoms with Crippen molar-refractivity contribution in [2.24, 2.45) is 22.7 Å². The average molecular weight is 289 g/mol. The lowest BCUT2D eigenvalue weighted by Crippen LogP contribution is -2.15. The van der Waals surface area contributed by atoms with Crippen LogP contribution < -0.4 is 0 Å². The molecule has 0 N–H and O–H groups in total. The molecule has 3 unspecified atom stereocenters. The van der Waals surface area contributed by atoms with Crippen LogP contribution in [0.1, 0.15) is 68.2 Å². The van der Waals surface area contributed by atoms with Crippen LogP contribution in [0.2, 0.25) is 0 Å². The lowest BCUT2D eigenvalue weighted by atomic mass is 9.86. The van der Waals surface area contributed by atoms with E-state index in [-0.39, 0.29) is 0 Å². The normalized spacial score (nSPS) is 17.2. The zero-order valence-corrected chi connectivity index (χ0v) is 15.1. The lowest BCUT2D eigenvalue weighted by molar-refractivity contribution is 0.213. The van der Waals surface area contributed by atoms with Gasteiger partial charge in [-0.25, -0.2) is 0 Å². The highest BCUT2D eigenvalue weighted by Crippen LogP contribution is 2.33. The molecule has 0 aliphatic carbocycles. The number of rotatable bonds is 7. The molecule has 0 aromatic heterocycles. The van der Waals surface area contributed by atoms with Crippen molar-refractivity contribution < 1.29 is 9.09 Å². The molecule has 19 heavy (non-hydrogen) atoms. The van der Waals surface area contributed by atoms with Crippen LogP contribution in [0.15, 0.2) is 0 Å². The van der Waals surface area contributed by atoms with Crippen LogP contribution >= 0.6 is 8.03 Å². The summed E-state index contributed by atoms with van der Waals surface area (Å²) in [5, 5.41) is 0. The van der Waals surface area contributed by atoms with Gasteiger partial charge in [-0.3, -0.25) is 0 Å². The maximum absolute atomic E-state index is 11.9. The van der Waals surface area contributed by atoms with E-state index in [9.17, 15) is 4.57 Å². The van der Waals surface area contributed by atoms with Gasteiger partial charge < -0.3 is 0 Å². The Balaban J connectivity index is 3.93. The van der Waals surface area contributed by atoms with Gasteiger partial charge in [-0.05, 0) is 34.2 Å². The molecule has 0 bridgehead atoms. The smallest absolute Gasteiger partial charge is 0.146 e. The molecule has 0 aliphatic heterocycles. The molecule has 0 saturated heterocycles. The topological polar surface area (TPSA) is 26.3 Å². The molecule has 0 rings (SSSR count). The van der Waals surface area contributed by atoms with Crippen molar-refractivity contribution >= 4 is 8.03 Å². The van der Waals surface area contributed by atoms with Gasteiger partial charge in [-0.2, -0.15) is 0 Å². The van der Waals surface area contributed by atoms with Crippen LogP contribution in [-0.2, 0) is 9.09 Å². The third-order valence-corrected chi connectivity index (χ3v) is 4.24. The molecule has 0 aromatic rings. The summed E-state index contributed by atoms with van der Waals surface area (Å²) in [6, 6.07) is 0. The van der Waals surface area contributed by atoms with Crippen molar-refractivity contribution in [3.8, 4) is 0 Å². The van der Waals surface area contributed by atoms with Gasteiger partial charge in [0.25, 0.3) is 0 Å². The highest BCUT2D eigenvalue weighted by Gasteiger charge is 2.27. The third-order valence-electron chi connectivity index (χ3n) is 2.89. The van der Waals surface area contributed by atoms with E-state index >= 15 is 0 Å². The fourth-order valence-corrected chi connectivity index (χ4v) is 3.90. The van der Waals surface area contributed by atoms with E-state index in [1.165, 1.54) is 0 Å². The van der Waals surface area contributed by atoms with E-state index in [2.05, 4.69) is 55.4 Å². The Morgan fingerprint density at radius 1 is 0.895 bits per heavy atom. The highest BCUT2D eigenvalue weighted by molar-refractivity contribution is 7.39. The van der Waals surface area contributed by atoms with Crippen LogP contribution in [0, 0.1) is 22.7 Å². The van der Waals surface area contributed by atoms with Crippen LogP contribution in [0.4, 0.5) is 0 Å². The van der Waals surface area contributed by atoms with E-state index in [4.69, 9.17) is 4.52 Å². The van der Waals surface area contributed by atoms with Gasteiger partial charge in [-0.15, -0.1) is 4.52 Å². The van der Waals surface area contributed by atoms with Gasteiger partial charge in [0.15, 0.2) is 6.16 Å². The molecular formula is C16H34O2P+. The Hall–Kier alpha value is 0.0600. The fraction of sp³-hybridized carbons (Fsp3) is 1.00. The Labute approximate surface area is 121 Å². The first kappa shape index (κ1) is 19.1. The average Bonchev–Trinajstić information content (AvgIpc) is 2.08. The van der Waals surface area contributed by atoms with Gasteiger partial charge >= 0.3 is 8.03 Å². The predicted octanol–water partition coefficient (Wildman–Crippen LogP) is 5.89. The first-order valence-electron chi connectivity index (χ1n) is 7.46. The summed E-state index contributed by atoms with van der Waals surface area (Å²) in [6.45, 7) is 18.3. The molecule has 114 valence electrons. The van der Waals surface area contributed by atoms with Crippen molar-refractivity contribution in [3.05, 3.63) is 0 Å².